The molecule has 1 amide bonds. The van der Waals surface area contributed by atoms with Gasteiger partial charge in [-0.2, -0.15) is 0 Å². The number of hydrogen-bond donors (Lipinski definition) is 2. The molecule has 0 aliphatic carbocycles. The predicted octanol–water partition coefficient (Wildman–Crippen LogP) is 2.48. The number of nitrogens with one attached hydrogen (secondary N) is 2. The summed E-state index contributed by atoms with van der Waals surface area (Å²) in [5.41, 5.74) is 0.996. The molecule has 0 spiro atoms. The van der Waals surface area contributed by atoms with E-state index in [1.807, 2.05) is 12.1 Å². The summed E-state index contributed by atoms with van der Waals surface area (Å²) in [4.78, 5) is 15.6. The third-order valence-electron chi connectivity index (χ3n) is 2.79. The summed E-state index contributed by atoms with van der Waals surface area (Å²) in [6.45, 7) is 1.05. The van der Waals surface area contributed by atoms with Crippen LogP contribution in [0.3, 0.4) is 0 Å². The van der Waals surface area contributed by atoms with E-state index in [0.717, 1.165) is 17.7 Å². The Kier molecular flexibility index (Phi) is 5.34. The fourth-order valence-corrected chi connectivity index (χ4v) is 1.74. The summed E-state index contributed by atoms with van der Waals surface area (Å²) in [7, 11) is 0. The number of carbonyl (C=O) groups excluding carboxylic acids is 1. The van der Waals surface area contributed by atoms with Crippen molar-refractivity contribution in [3.8, 4) is 0 Å². The van der Waals surface area contributed by atoms with Crippen LogP contribution in [0.1, 0.15) is 12.0 Å². The van der Waals surface area contributed by atoms with Crippen molar-refractivity contribution < 1.29 is 13.6 Å². The molecule has 2 N–H and O–H groups in total. The maximum Gasteiger partial charge on any atom is 0.225 e. The third-order valence-corrected chi connectivity index (χ3v) is 2.79. The minimum atomic E-state index is -0.785. The molecule has 0 saturated heterocycles. The van der Waals surface area contributed by atoms with Gasteiger partial charge >= 0.3 is 0 Å². The molecule has 4 nitrogen and oxygen atoms in total. The highest BCUT2D eigenvalue weighted by atomic mass is 19.1. The average molecular weight is 291 g/mol. The molecule has 0 unspecified atom stereocenters. The van der Waals surface area contributed by atoms with E-state index in [4.69, 9.17) is 0 Å². The van der Waals surface area contributed by atoms with Gasteiger partial charge in [0.05, 0.1) is 5.69 Å². The highest BCUT2D eigenvalue weighted by Crippen LogP contribution is 2.14. The molecule has 0 saturated carbocycles. The molecular formula is C15H15F2N3O. The Morgan fingerprint density at radius 2 is 2.10 bits per heavy atom. The van der Waals surface area contributed by atoms with Gasteiger partial charge in [0.1, 0.15) is 11.6 Å². The van der Waals surface area contributed by atoms with Crippen LogP contribution in [-0.2, 0) is 11.3 Å². The molecule has 0 aliphatic heterocycles. The van der Waals surface area contributed by atoms with Crippen molar-refractivity contribution in [3.63, 3.8) is 0 Å². The van der Waals surface area contributed by atoms with Crippen LogP contribution in [0.2, 0.25) is 0 Å². The van der Waals surface area contributed by atoms with Crippen LogP contribution >= 0.6 is 0 Å². The summed E-state index contributed by atoms with van der Waals surface area (Å²) in [5, 5.41) is 5.49. The zero-order valence-corrected chi connectivity index (χ0v) is 11.3. The van der Waals surface area contributed by atoms with Crippen molar-refractivity contribution in [3.05, 3.63) is 59.9 Å². The number of pyridine rings is 1. The maximum atomic E-state index is 13.3. The first-order valence-corrected chi connectivity index (χ1v) is 6.49. The van der Waals surface area contributed by atoms with E-state index in [9.17, 15) is 13.6 Å². The van der Waals surface area contributed by atoms with Gasteiger partial charge in [0.15, 0.2) is 0 Å². The highest BCUT2D eigenvalue weighted by molar-refractivity contribution is 5.90. The topological polar surface area (TPSA) is 54.0 Å². The Hall–Kier alpha value is -2.34. The number of aromatic nitrogens is 1. The molecule has 2 aromatic rings. The summed E-state index contributed by atoms with van der Waals surface area (Å²) in [6, 6.07) is 6.79. The van der Waals surface area contributed by atoms with Crippen molar-refractivity contribution in [1.29, 1.82) is 0 Å². The van der Waals surface area contributed by atoms with Gasteiger partial charge in [-0.15, -0.1) is 0 Å². The molecule has 2 rings (SSSR count). The lowest BCUT2D eigenvalue weighted by Crippen LogP contribution is -2.21. The third kappa shape index (κ3) is 4.92. The van der Waals surface area contributed by atoms with E-state index in [-0.39, 0.29) is 18.0 Å². The van der Waals surface area contributed by atoms with Gasteiger partial charge in [-0.05, 0) is 23.8 Å². The van der Waals surface area contributed by atoms with E-state index < -0.39 is 11.6 Å². The van der Waals surface area contributed by atoms with Gasteiger partial charge in [-0.1, -0.05) is 6.07 Å². The number of halogens is 2. The number of hydrogen-bond acceptors (Lipinski definition) is 3. The number of carbonyl (C=O) groups is 1. The van der Waals surface area contributed by atoms with Crippen LogP contribution in [0, 0.1) is 11.6 Å². The lowest BCUT2D eigenvalue weighted by molar-refractivity contribution is -0.116. The fraction of sp³-hybridized carbons (Fsp3) is 0.200. The summed E-state index contributed by atoms with van der Waals surface area (Å²) in [6.07, 6.45) is 3.62. The maximum absolute atomic E-state index is 13.3. The summed E-state index contributed by atoms with van der Waals surface area (Å²) < 4.78 is 26.1. The van der Waals surface area contributed by atoms with Crippen LogP contribution in [0.25, 0.3) is 0 Å². The standard InChI is InChI=1S/C15H15F2N3O/c16-12-3-4-14(13(17)8-12)20-15(21)5-7-19-10-11-2-1-6-18-9-11/h1-4,6,8-9,19H,5,7,10H2,(H,20,21). The zero-order chi connectivity index (χ0) is 15.1. The van der Waals surface area contributed by atoms with Crippen molar-refractivity contribution >= 4 is 11.6 Å². The number of anilines is 1. The van der Waals surface area contributed by atoms with Crippen molar-refractivity contribution in [2.24, 2.45) is 0 Å². The Balaban J connectivity index is 1.72. The first kappa shape index (κ1) is 15.1. The second-order valence-corrected chi connectivity index (χ2v) is 4.46. The second-order valence-electron chi connectivity index (χ2n) is 4.46. The summed E-state index contributed by atoms with van der Waals surface area (Å²) >= 11 is 0. The molecule has 21 heavy (non-hydrogen) atoms. The first-order chi connectivity index (χ1) is 10.1. The Bertz CT molecular complexity index is 605. The SMILES string of the molecule is O=C(CCNCc1cccnc1)Nc1ccc(F)cc1F. The average Bonchev–Trinajstić information content (AvgIpc) is 2.48. The van der Waals surface area contributed by atoms with E-state index in [1.54, 1.807) is 12.4 Å². The molecule has 0 aliphatic rings. The fourth-order valence-electron chi connectivity index (χ4n) is 1.74. The van der Waals surface area contributed by atoms with Crippen LogP contribution in [0.5, 0.6) is 0 Å². The molecular weight excluding hydrogens is 276 g/mol. The number of amides is 1. The highest BCUT2D eigenvalue weighted by Gasteiger charge is 2.07. The van der Waals surface area contributed by atoms with Crippen LogP contribution < -0.4 is 10.6 Å². The molecule has 0 atom stereocenters. The normalized spacial score (nSPS) is 10.4. The lowest BCUT2D eigenvalue weighted by atomic mass is 10.2. The van der Waals surface area contributed by atoms with E-state index >= 15 is 0 Å². The Morgan fingerprint density at radius 1 is 1.24 bits per heavy atom. The monoisotopic (exact) mass is 291 g/mol. The van der Waals surface area contributed by atoms with E-state index in [2.05, 4.69) is 15.6 Å². The van der Waals surface area contributed by atoms with E-state index in [1.165, 1.54) is 6.07 Å². The molecule has 1 aromatic carbocycles. The summed E-state index contributed by atoms with van der Waals surface area (Å²) in [5.74, 6) is -1.80. The molecule has 6 heteroatoms. The largest absolute Gasteiger partial charge is 0.324 e. The Morgan fingerprint density at radius 3 is 2.81 bits per heavy atom. The Labute approximate surface area is 121 Å². The minimum absolute atomic E-state index is 0.0198. The molecule has 1 heterocycles. The lowest BCUT2D eigenvalue weighted by Gasteiger charge is -2.07. The van der Waals surface area contributed by atoms with Gasteiger partial charge in [0, 0.05) is 38.0 Å². The number of nitrogens with zero attached hydrogens (tertiary/aromatic N) is 1. The van der Waals surface area contributed by atoms with Gasteiger partial charge < -0.3 is 10.6 Å². The second kappa shape index (κ2) is 7.44. The van der Waals surface area contributed by atoms with Crippen molar-refractivity contribution in [2.75, 3.05) is 11.9 Å². The molecule has 1 aromatic heterocycles. The quantitative estimate of drug-likeness (QED) is 0.804. The molecule has 0 radical (unpaired) electrons. The van der Waals surface area contributed by atoms with Gasteiger partial charge in [-0.3, -0.25) is 9.78 Å². The molecule has 110 valence electrons. The smallest absolute Gasteiger partial charge is 0.225 e. The number of benzene rings is 1. The minimum Gasteiger partial charge on any atom is -0.324 e. The molecule has 0 fully saturated rings. The first-order valence-electron chi connectivity index (χ1n) is 6.49. The zero-order valence-electron chi connectivity index (χ0n) is 11.3. The van der Waals surface area contributed by atoms with Crippen molar-refractivity contribution in [2.45, 2.75) is 13.0 Å². The van der Waals surface area contributed by atoms with Gasteiger partial charge in [0.25, 0.3) is 0 Å². The van der Waals surface area contributed by atoms with Gasteiger partial charge in [0.2, 0.25) is 5.91 Å². The number of rotatable bonds is 6. The predicted molar refractivity (Wildman–Crippen MR) is 75.5 cm³/mol. The van der Waals surface area contributed by atoms with Crippen LogP contribution in [0.15, 0.2) is 42.7 Å². The molecule has 0 bridgehead atoms. The van der Waals surface area contributed by atoms with Crippen LogP contribution in [0.4, 0.5) is 14.5 Å². The van der Waals surface area contributed by atoms with Crippen molar-refractivity contribution in [1.82, 2.24) is 10.3 Å². The van der Waals surface area contributed by atoms with Gasteiger partial charge in [-0.25, -0.2) is 8.78 Å². The van der Waals surface area contributed by atoms with E-state index in [0.29, 0.717) is 13.1 Å². The van der Waals surface area contributed by atoms with Crippen LogP contribution in [-0.4, -0.2) is 17.4 Å².